The summed E-state index contributed by atoms with van der Waals surface area (Å²) in [6.45, 7) is 2.32. The number of ketones is 1. The zero-order chi connectivity index (χ0) is 14.1. The van der Waals surface area contributed by atoms with Crippen LogP contribution < -0.4 is 27.6 Å². The van der Waals surface area contributed by atoms with Gasteiger partial charge in [0.2, 0.25) is 0 Å². The Hall–Kier alpha value is -2.07. The smallest absolute Gasteiger partial charge is 0.159 e. The number of benzene rings is 2. The van der Waals surface area contributed by atoms with Gasteiger partial charge in [-0.3, -0.25) is 4.79 Å². The van der Waals surface area contributed by atoms with Crippen molar-refractivity contribution in [1.82, 2.24) is 0 Å². The van der Waals surface area contributed by atoms with E-state index >= 15 is 0 Å². The van der Waals surface area contributed by atoms with Crippen LogP contribution in [0.1, 0.15) is 28.4 Å². The maximum atomic E-state index is 11.3. The fraction of sp³-hybridized carbons (Fsp3) is 0.118. The third-order valence-corrected chi connectivity index (χ3v) is 3.58. The summed E-state index contributed by atoms with van der Waals surface area (Å²) in [7, 11) is 0. The largest absolute Gasteiger partial charge is 1.00 e. The third kappa shape index (κ3) is 3.00. The molecule has 21 heavy (non-hydrogen) atoms. The second-order valence-corrected chi connectivity index (χ2v) is 4.96. The first-order chi connectivity index (χ1) is 9.65. The van der Waals surface area contributed by atoms with Gasteiger partial charge in [-0.2, -0.15) is 0 Å². The lowest BCUT2D eigenvalue weighted by Crippen LogP contribution is -3.00. The van der Waals surface area contributed by atoms with E-state index in [1.807, 2.05) is 47.4 Å². The number of halogens is 1. The Kier molecular flexibility index (Phi) is 4.48. The highest BCUT2D eigenvalue weighted by Crippen LogP contribution is 2.27. The Balaban J connectivity index is 0.00000161. The maximum Gasteiger partial charge on any atom is 0.159 e. The molecule has 0 aromatic heterocycles. The number of carbonyl (C=O) groups is 1. The van der Waals surface area contributed by atoms with Crippen LogP contribution in [0.2, 0.25) is 0 Å². The summed E-state index contributed by atoms with van der Waals surface area (Å²) < 4.78 is 0. The van der Waals surface area contributed by atoms with Gasteiger partial charge in [0.1, 0.15) is 5.82 Å². The van der Waals surface area contributed by atoms with E-state index in [0.717, 1.165) is 18.1 Å². The van der Waals surface area contributed by atoms with Crippen LogP contribution in [0, 0.1) is 0 Å². The van der Waals surface area contributed by atoms with Crippen molar-refractivity contribution in [3.05, 3.63) is 71.0 Å². The van der Waals surface area contributed by atoms with Gasteiger partial charge in [-0.1, -0.05) is 24.3 Å². The van der Waals surface area contributed by atoms with E-state index < -0.39 is 0 Å². The molecule has 0 saturated heterocycles. The number of nitrogens with two attached hydrogens (primary N) is 1. The Labute approximate surface area is 134 Å². The summed E-state index contributed by atoms with van der Waals surface area (Å²) >= 11 is 0. The molecule has 2 N–H and O–H groups in total. The number of rotatable bonds is 2. The summed E-state index contributed by atoms with van der Waals surface area (Å²) in [6, 6.07) is 15.8. The molecule has 2 aromatic rings. The number of fused-ring (bicyclic) bond motifs is 1. The first-order valence-electron chi connectivity index (χ1n) is 6.59. The van der Waals surface area contributed by atoms with E-state index in [2.05, 4.69) is 12.1 Å². The second kappa shape index (κ2) is 6.14. The van der Waals surface area contributed by atoms with Crippen molar-refractivity contribution >= 4 is 17.5 Å². The van der Waals surface area contributed by atoms with Crippen molar-refractivity contribution in [2.75, 3.05) is 4.90 Å². The number of hydrogen-bond donors (Lipinski definition) is 1. The maximum absolute atomic E-state index is 11.3. The fourth-order valence-electron chi connectivity index (χ4n) is 2.43. The molecule has 0 saturated carbocycles. The average Bonchev–Trinajstić information content (AvgIpc) is 2.46. The Morgan fingerprint density at radius 2 is 1.76 bits per heavy atom. The number of anilines is 1. The number of Topliss-reactive ketones (excluding diaryl/α,β-unsaturated/α-hetero) is 1. The van der Waals surface area contributed by atoms with E-state index in [1.165, 1.54) is 11.1 Å². The highest BCUT2D eigenvalue weighted by atomic mass is 79.9. The van der Waals surface area contributed by atoms with Gasteiger partial charge in [-0.25, -0.2) is 0 Å². The van der Waals surface area contributed by atoms with Gasteiger partial charge in [0.15, 0.2) is 5.78 Å². The molecule has 4 heteroatoms. The molecular formula is C17H16BrN2O-. The van der Waals surface area contributed by atoms with E-state index in [0.29, 0.717) is 5.56 Å². The van der Waals surface area contributed by atoms with Crippen LogP contribution in [-0.4, -0.2) is 5.78 Å². The average molecular weight is 344 g/mol. The molecule has 0 fully saturated rings. The molecule has 0 amide bonds. The fourth-order valence-corrected chi connectivity index (χ4v) is 2.43. The molecule has 108 valence electrons. The van der Waals surface area contributed by atoms with Crippen LogP contribution in [0.3, 0.4) is 0 Å². The highest BCUT2D eigenvalue weighted by Gasteiger charge is 2.17. The van der Waals surface area contributed by atoms with Crippen LogP contribution >= 0.6 is 0 Å². The van der Waals surface area contributed by atoms with Crippen molar-refractivity contribution in [1.29, 1.82) is 0 Å². The first-order valence-corrected chi connectivity index (χ1v) is 6.59. The van der Waals surface area contributed by atoms with Crippen LogP contribution in [-0.2, 0) is 6.54 Å². The van der Waals surface area contributed by atoms with Crippen molar-refractivity contribution in [3.8, 4) is 0 Å². The predicted octanol–water partition coefficient (Wildman–Crippen LogP) is 0.170. The quantitative estimate of drug-likeness (QED) is 0.791. The molecule has 1 aliphatic heterocycles. The minimum atomic E-state index is 0. The van der Waals surface area contributed by atoms with Crippen LogP contribution in [0.25, 0.3) is 6.08 Å². The Bertz CT molecular complexity index is 692. The lowest BCUT2D eigenvalue weighted by Gasteiger charge is -2.29. The Morgan fingerprint density at radius 1 is 1.10 bits per heavy atom. The molecule has 0 atom stereocenters. The van der Waals surface area contributed by atoms with Gasteiger partial charge < -0.3 is 27.6 Å². The number of hydrogen-bond acceptors (Lipinski definition) is 3. The Morgan fingerprint density at radius 3 is 2.43 bits per heavy atom. The molecule has 3 nitrogen and oxygen atoms in total. The highest BCUT2D eigenvalue weighted by molar-refractivity contribution is 5.94. The second-order valence-electron chi connectivity index (χ2n) is 4.96. The summed E-state index contributed by atoms with van der Waals surface area (Å²) in [4.78, 5) is 13.4. The zero-order valence-electron chi connectivity index (χ0n) is 11.7. The van der Waals surface area contributed by atoms with Gasteiger partial charge in [-0.15, -0.1) is 0 Å². The van der Waals surface area contributed by atoms with Crippen LogP contribution in [0.4, 0.5) is 5.69 Å². The molecule has 0 aliphatic carbocycles. The summed E-state index contributed by atoms with van der Waals surface area (Å²) in [6.07, 6.45) is 1.98. The number of carbonyl (C=O) groups excluding carboxylic acids is 1. The van der Waals surface area contributed by atoms with Crippen LogP contribution in [0.5, 0.6) is 0 Å². The molecular weight excluding hydrogens is 328 g/mol. The predicted molar refractivity (Wildman–Crippen MR) is 81.2 cm³/mol. The van der Waals surface area contributed by atoms with Crippen LogP contribution in [0.15, 0.2) is 54.4 Å². The standard InChI is InChI=1S/C17H16N2O.BrH/c1-12(20)13-6-8-16(9-7-13)19-11-15-5-3-2-4-14(15)10-17(19)18;/h2-10H,11,18H2,1H3;1H/p-1. The van der Waals surface area contributed by atoms with Gasteiger partial charge in [-0.05, 0) is 48.4 Å². The SMILES string of the molecule is CC(=O)c1ccc(N2Cc3ccccc3C=C2N)cc1.[Br-]. The topological polar surface area (TPSA) is 46.3 Å². The lowest BCUT2D eigenvalue weighted by molar-refractivity contribution is -0.0000120. The zero-order valence-corrected chi connectivity index (χ0v) is 13.3. The molecule has 2 aromatic carbocycles. The normalized spacial score (nSPS) is 13.0. The molecule has 1 aliphatic rings. The molecule has 0 spiro atoms. The lowest BCUT2D eigenvalue weighted by atomic mass is 10.0. The molecule has 0 unspecified atom stereocenters. The monoisotopic (exact) mass is 343 g/mol. The first kappa shape index (κ1) is 15.3. The van der Waals surface area contributed by atoms with Gasteiger partial charge in [0.25, 0.3) is 0 Å². The van der Waals surface area contributed by atoms with Crippen molar-refractivity contribution in [2.45, 2.75) is 13.5 Å². The molecule has 3 rings (SSSR count). The van der Waals surface area contributed by atoms with Gasteiger partial charge in [0.05, 0.1) is 6.54 Å². The molecule has 0 bridgehead atoms. The minimum Gasteiger partial charge on any atom is -1.00 e. The van der Waals surface area contributed by atoms with Crippen molar-refractivity contribution < 1.29 is 21.8 Å². The van der Waals surface area contributed by atoms with E-state index in [9.17, 15) is 4.79 Å². The molecule has 0 radical (unpaired) electrons. The minimum absolute atomic E-state index is 0. The van der Waals surface area contributed by atoms with Gasteiger partial charge in [0, 0.05) is 11.3 Å². The third-order valence-electron chi connectivity index (χ3n) is 3.58. The van der Waals surface area contributed by atoms with E-state index in [-0.39, 0.29) is 22.8 Å². The van der Waals surface area contributed by atoms with Crippen molar-refractivity contribution in [2.24, 2.45) is 5.73 Å². The number of nitrogens with zero attached hydrogens (tertiary/aromatic N) is 1. The van der Waals surface area contributed by atoms with E-state index in [4.69, 9.17) is 5.73 Å². The van der Waals surface area contributed by atoms with Gasteiger partial charge >= 0.3 is 0 Å². The van der Waals surface area contributed by atoms with Crippen molar-refractivity contribution in [3.63, 3.8) is 0 Å². The summed E-state index contributed by atoms with van der Waals surface area (Å²) in [5.74, 6) is 0.795. The molecule has 1 heterocycles. The van der Waals surface area contributed by atoms with E-state index in [1.54, 1.807) is 6.92 Å². The summed E-state index contributed by atoms with van der Waals surface area (Å²) in [5, 5.41) is 0. The summed E-state index contributed by atoms with van der Waals surface area (Å²) in [5.41, 5.74) is 10.3.